The van der Waals surface area contributed by atoms with Crippen LogP contribution in [0.5, 0.6) is 17.2 Å². The van der Waals surface area contributed by atoms with Crippen molar-refractivity contribution < 1.29 is 28.2 Å². The van der Waals surface area contributed by atoms with Gasteiger partial charge in [-0.1, -0.05) is 42.5 Å². The van der Waals surface area contributed by atoms with Crippen LogP contribution in [0.2, 0.25) is 0 Å². The molecule has 0 aliphatic rings. The summed E-state index contributed by atoms with van der Waals surface area (Å²) in [5, 5.41) is 2.94. The molecular formula is C30H29FN4O5. The number of methoxy groups -OCH3 is 3. The number of hydrogen-bond donors (Lipinski definition) is 1. The first-order chi connectivity index (χ1) is 19.4. The standard InChI is InChI=1S/C30H29FN4O5/c1-38-25-15-22(16-26(39-2)28(25)40-3)27(29(36)34-17-20-7-5-4-6-8-20)35(19-21-9-11-23(31)12-10-21)30(37)24-18-32-13-14-33-24/h4-16,18,27H,17,19H2,1-3H3,(H,34,36)/t27-/m1/s1. The van der Waals surface area contributed by atoms with Crippen molar-refractivity contribution in [3.8, 4) is 17.2 Å². The van der Waals surface area contributed by atoms with E-state index in [0.29, 0.717) is 28.4 Å². The molecule has 0 bridgehead atoms. The zero-order valence-corrected chi connectivity index (χ0v) is 22.3. The molecule has 3 aromatic carbocycles. The minimum Gasteiger partial charge on any atom is -0.493 e. The highest BCUT2D eigenvalue weighted by atomic mass is 19.1. The van der Waals surface area contributed by atoms with Crippen LogP contribution >= 0.6 is 0 Å². The minimum absolute atomic E-state index is 0.0320. The molecule has 1 heterocycles. The fraction of sp³-hybridized carbons (Fsp3) is 0.200. The highest BCUT2D eigenvalue weighted by Crippen LogP contribution is 2.41. The molecule has 1 atom stereocenters. The topological polar surface area (TPSA) is 103 Å². The molecule has 40 heavy (non-hydrogen) atoms. The number of carbonyl (C=O) groups excluding carboxylic acids is 2. The van der Waals surface area contributed by atoms with Gasteiger partial charge >= 0.3 is 0 Å². The second kappa shape index (κ2) is 13.2. The molecule has 4 rings (SSSR count). The van der Waals surface area contributed by atoms with E-state index in [1.165, 1.54) is 57.0 Å². The van der Waals surface area contributed by atoms with Gasteiger partial charge in [0.2, 0.25) is 11.7 Å². The Balaban J connectivity index is 1.84. The van der Waals surface area contributed by atoms with Gasteiger partial charge in [0.15, 0.2) is 11.5 Å². The molecule has 0 aliphatic heterocycles. The van der Waals surface area contributed by atoms with Gasteiger partial charge in [-0.15, -0.1) is 0 Å². The van der Waals surface area contributed by atoms with E-state index in [-0.39, 0.29) is 18.8 Å². The first kappa shape index (κ1) is 28.0. The van der Waals surface area contributed by atoms with Crippen LogP contribution in [-0.4, -0.2) is 48.0 Å². The van der Waals surface area contributed by atoms with Crippen LogP contribution in [0.4, 0.5) is 4.39 Å². The molecule has 9 nitrogen and oxygen atoms in total. The molecule has 0 aliphatic carbocycles. The minimum atomic E-state index is -1.17. The number of nitrogens with zero attached hydrogens (tertiary/aromatic N) is 3. The van der Waals surface area contributed by atoms with Crippen LogP contribution in [0.3, 0.4) is 0 Å². The van der Waals surface area contributed by atoms with Crippen LogP contribution < -0.4 is 19.5 Å². The van der Waals surface area contributed by atoms with Gasteiger partial charge in [0, 0.05) is 25.5 Å². The van der Waals surface area contributed by atoms with E-state index in [4.69, 9.17) is 14.2 Å². The molecule has 0 saturated heterocycles. The summed E-state index contributed by atoms with van der Waals surface area (Å²) in [6.45, 7) is 0.195. The van der Waals surface area contributed by atoms with Crippen LogP contribution in [-0.2, 0) is 17.9 Å². The van der Waals surface area contributed by atoms with Gasteiger partial charge < -0.3 is 24.4 Å². The Kier molecular flexibility index (Phi) is 9.24. The van der Waals surface area contributed by atoms with E-state index in [1.54, 1.807) is 24.3 Å². The maximum atomic E-state index is 14.0. The highest BCUT2D eigenvalue weighted by molar-refractivity contribution is 5.96. The Bertz CT molecular complexity index is 1410. The third-order valence-electron chi connectivity index (χ3n) is 6.18. The Hall–Kier alpha value is -4.99. The average molecular weight is 545 g/mol. The lowest BCUT2D eigenvalue weighted by molar-refractivity contribution is -0.126. The van der Waals surface area contributed by atoms with E-state index in [1.807, 2.05) is 30.3 Å². The third kappa shape index (κ3) is 6.52. The number of ether oxygens (including phenoxy) is 3. The smallest absolute Gasteiger partial charge is 0.275 e. The molecule has 4 aromatic rings. The van der Waals surface area contributed by atoms with Crippen molar-refractivity contribution in [1.29, 1.82) is 0 Å². The Morgan fingerprint density at radius 1 is 0.900 bits per heavy atom. The molecule has 1 N–H and O–H groups in total. The maximum absolute atomic E-state index is 14.0. The number of rotatable bonds is 11. The number of nitrogens with one attached hydrogen (secondary N) is 1. The van der Waals surface area contributed by atoms with Crippen LogP contribution in [0.1, 0.15) is 33.2 Å². The number of benzene rings is 3. The van der Waals surface area contributed by atoms with Gasteiger partial charge in [-0.2, -0.15) is 0 Å². The molecule has 0 unspecified atom stereocenters. The number of amides is 2. The van der Waals surface area contributed by atoms with Crippen LogP contribution in [0.25, 0.3) is 0 Å². The monoisotopic (exact) mass is 544 g/mol. The van der Waals surface area contributed by atoms with Crippen molar-refractivity contribution in [2.75, 3.05) is 21.3 Å². The summed E-state index contributed by atoms with van der Waals surface area (Å²) in [7, 11) is 4.40. The summed E-state index contributed by atoms with van der Waals surface area (Å²) >= 11 is 0. The third-order valence-corrected chi connectivity index (χ3v) is 6.18. The second-order valence-corrected chi connectivity index (χ2v) is 8.71. The summed E-state index contributed by atoms with van der Waals surface area (Å²) < 4.78 is 30.2. The Morgan fingerprint density at radius 3 is 2.15 bits per heavy atom. The molecule has 0 spiro atoms. The van der Waals surface area contributed by atoms with Crippen molar-refractivity contribution in [3.63, 3.8) is 0 Å². The van der Waals surface area contributed by atoms with E-state index < -0.39 is 23.7 Å². The average Bonchev–Trinajstić information content (AvgIpc) is 3.00. The molecule has 0 fully saturated rings. The predicted octanol–water partition coefficient (Wildman–Crippen LogP) is 4.34. The number of carbonyl (C=O) groups is 2. The Labute approximate surface area is 231 Å². The van der Waals surface area contributed by atoms with Crippen molar-refractivity contribution in [2.24, 2.45) is 0 Å². The van der Waals surface area contributed by atoms with Gasteiger partial charge in [-0.05, 0) is 41.0 Å². The lowest BCUT2D eigenvalue weighted by Gasteiger charge is -2.32. The second-order valence-electron chi connectivity index (χ2n) is 8.71. The summed E-state index contributed by atoms with van der Waals surface area (Å²) in [5.74, 6) is -0.471. The number of aromatic nitrogens is 2. The molecule has 2 amide bonds. The molecule has 10 heteroatoms. The van der Waals surface area contributed by atoms with E-state index >= 15 is 0 Å². The Morgan fingerprint density at radius 2 is 1.57 bits per heavy atom. The van der Waals surface area contributed by atoms with E-state index in [0.717, 1.165) is 5.56 Å². The fourth-order valence-corrected chi connectivity index (χ4v) is 4.24. The van der Waals surface area contributed by atoms with Gasteiger partial charge in [-0.25, -0.2) is 9.37 Å². The number of hydrogen-bond acceptors (Lipinski definition) is 7. The first-order valence-corrected chi connectivity index (χ1v) is 12.4. The zero-order valence-electron chi connectivity index (χ0n) is 22.3. The molecular weight excluding hydrogens is 515 g/mol. The van der Waals surface area contributed by atoms with Crippen molar-refractivity contribution in [3.05, 3.63) is 114 Å². The number of halogens is 1. The van der Waals surface area contributed by atoms with Gasteiger partial charge in [0.1, 0.15) is 17.6 Å². The lowest BCUT2D eigenvalue weighted by Crippen LogP contribution is -2.43. The highest BCUT2D eigenvalue weighted by Gasteiger charge is 2.34. The van der Waals surface area contributed by atoms with Crippen LogP contribution in [0, 0.1) is 5.82 Å². The largest absolute Gasteiger partial charge is 0.493 e. The maximum Gasteiger partial charge on any atom is 0.275 e. The summed E-state index contributed by atoms with van der Waals surface area (Å²) in [4.78, 5) is 37.4. The lowest BCUT2D eigenvalue weighted by atomic mass is 10.0. The van der Waals surface area contributed by atoms with Crippen molar-refractivity contribution in [2.45, 2.75) is 19.1 Å². The van der Waals surface area contributed by atoms with E-state index in [2.05, 4.69) is 15.3 Å². The predicted molar refractivity (Wildman–Crippen MR) is 145 cm³/mol. The van der Waals surface area contributed by atoms with Gasteiger partial charge in [0.25, 0.3) is 5.91 Å². The van der Waals surface area contributed by atoms with Crippen LogP contribution in [0.15, 0.2) is 85.3 Å². The molecule has 0 saturated carbocycles. The summed E-state index contributed by atoms with van der Waals surface area (Å²) in [6.07, 6.45) is 4.17. The molecule has 0 radical (unpaired) electrons. The van der Waals surface area contributed by atoms with E-state index in [9.17, 15) is 14.0 Å². The fourth-order valence-electron chi connectivity index (χ4n) is 4.24. The SMILES string of the molecule is COc1cc([C@H](C(=O)NCc2ccccc2)N(Cc2ccc(F)cc2)C(=O)c2cnccn2)cc(OC)c1OC. The first-order valence-electron chi connectivity index (χ1n) is 12.4. The normalized spacial score (nSPS) is 11.3. The van der Waals surface area contributed by atoms with Crippen molar-refractivity contribution in [1.82, 2.24) is 20.2 Å². The zero-order chi connectivity index (χ0) is 28.5. The van der Waals surface area contributed by atoms with Gasteiger partial charge in [0.05, 0.1) is 27.5 Å². The quantitative estimate of drug-likeness (QED) is 0.300. The van der Waals surface area contributed by atoms with Gasteiger partial charge in [-0.3, -0.25) is 14.6 Å². The summed E-state index contributed by atoms with van der Waals surface area (Å²) in [6, 6.07) is 17.2. The molecule has 1 aromatic heterocycles. The summed E-state index contributed by atoms with van der Waals surface area (Å²) in [5.41, 5.74) is 1.93. The van der Waals surface area contributed by atoms with Crippen molar-refractivity contribution >= 4 is 11.8 Å². The molecule has 206 valence electrons.